The lowest BCUT2D eigenvalue weighted by molar-refractivity contribution is 0.131. The van der Waals surface area contributed by atoms with E-state index in [0.717, 1.165) is 5.56 Å². The molecule has 0 aliphatic rings. The molecule has 0 spiro atoms. The van der Waals surface area contributed by atoms with Crippen LogP contribution in [-0.2, 0) is 0 Å². The van der Waals surface area contributed by atoms with Crippen molar-refractivity contribution in [2.45, 2.75) is 50.3 Å². The van der Waals surface area contributed by atoms with E-state index in [-0.39, 0.29) is 22.8 Å². The molecule has 1 atom stereocenters. The molecule has 0 amide bonds. The number of thioether (sulfide) groups is 1. The highest BCUT2D eigenvalue weighted by Crippen LogP contribution is 2.40. The van der Waals surface area contributed by atoms with Crippen LogP contribution < -0.4 is 5.73 Å². The van der Waals surface area contributed by atoms with Crippen molar-refractivity contribution in [1.29, 1.82) is 0 Å². The third-order valence-corrected chi connectivity index (χ3v) is 4.12. The molecule has 18 heavy (non-hydrogen) atoms. The first-order valence-electron chi connectivity index (χ1n) is 6.32. The van der Waals surface area contributed by atoms with Crippen molar-refractivity contribution in [3.63, 3.8) is 0 Å². The fraction of sp³-hybridized carbons (Fsp3) is 0.600. The summed E-state index contributed by atoms with van der Waals surface area (Å²) >= 11 is 1.82. The number of hydrogen-bond donors (Lipinski definition) is 2. The predicted molar refractivity (Wildman–Crippen MR) is 79.8 cm³/mol. The average Bonchev–Trinajstić information content (AvgIpc) is 2.26. The van der Waals surface area contributed by atoms with Crippen LogP contribution in [0, 0.1) is 5.41 Å². The number of nitrogens with two attached hydrogens (primary N) is 1. The maximum absolute atomic E-state index is 9.46. The zero-order valence-corrected chi connectivity index (χ0v) is 12.8. The van der Waals surface area contributed by atoms with Gasteiger partial charge in [-0.05, 0) is 11.6 Å². The van der Waals surface area contributed by atoms with Crippen molar-refractivity contribution < 1.29 is 5.11 Å². The second kappa shape index (κ2) is 5.64. The summed E-state index contributed by atoms with van der Waals surface area (Å²) in [5.74, 6) is 0. The molecule has 0 saturated carbocycles. The molecule has 0 bridgehead atoms. The summed E-state index contributed by atoms with van der Waals surface area (Å²) < 4.78 is 0.152. The Hall–Kier alpha value is -0.510. The minimum Gasteiger partial charge on any atom is -0.396 e. The molecule has 3 N–H and O–H groups in total. The van der Waals surface area contributed by atoms with Gasteiger partial charge in [-0.1, -0.05) is 52.8 Å². The third kappa shape index (κ3) is 4.01. The summed E-state index contributed by atoms with van der Waals surface area (Å²) in [4.78, 5) is 1.21. The summed E-state index contributed by atoms with van der Waals surface area (Å²) in [5.41, 5.74) is 7.14. The number of rotatable bonds is 4. The van der Waals surface area contributed by atoms with Crippen molar-refractivity contribution in [2.24, 2.45) is 11.1 Å². The van der Waals surface area contributed by atoms with Gasteiger partial charge in [0.05, 0.1) is 0 Å². The highest BCUT2D eigenvalue weighted by molar-refractivity contribution is 8.00. The second-order valence-electron chi connectivity index (χ2n) is 6.38. The molecule has 1 aromatic carbocycles. The molecule has 0 aliphatic carbocycles. The molecule has 0 unspecified atom stereocenters. The molecule has 102 valence electrons. The number of aliphatic hydroxyl groups is 1. The van der Waals surface area contributed by atoms with E-state index < -0.39 is 0 Å². The maximum Gasteiger partial charge on any atom is 0.0500 e. The molecule has 1 rings (SSSR count). The largest absolute Gasteiger partial charge is 0.396 e. The van der Waals surface area contributed by atoms with Crippen LogP contribution in [0.3, 0.4) is 0 Å². The van der Waals surface area contributed by atoms with Crippen LogP contribution in [0.5, 0.6) is 0 Å². The quantitative estimate of drug-likeness (QED) is 0.819. The van der Waals surface area contributed by atoms with Crippen LogP contribution in [0.1, 0.15) is 46.2 Å². The fourth-order valence-electron chi connectivity index (χ4n) is 1.68. The monoisotopic (exact) mass is 267 g/mol. The summed E-state index contributed by atoms with van der Waals surface area (Å²) in [5, 5.41) is 9.46. The minimum atomic E-state index is -0.311. The van der Waals surface area contributed by atoms with Gasteiger partial charge in [-0.15, -0.1) is 11.8 Å². The second-order valence-corrected chi connectivity index (χ2v) is 8.25. The van der Waals surface area contributed by atoms with Gasteiger partial charge in [-0.3, -0.25) is 0 Å². The lowest BCUT2D eigenvalue weighted by atomic mass is 9.82. The van der Waals surface area contributed by atoms with Gasteiger partial charge >= 0.3 is 0 Å². The van der Waals surface area contributed by atoms with Gasteiger partial charge < -0.3 is 10.8 Å². The Morgan fingerprint density at radius 3 is 2.22 bits per heavy atom. The van der Waals surface area contributed by atoms with E-state index in [9.17, 15) is 5.11 Å². The highest BCUT2D eigenvalue weighted by atomic mass is 32.2. The standard InChI is InChI=1S/C15H25NOS/c1-14(2,3)18-12-9-7-6-8-11(12)13(16)15(4,5)10-17/h6-9,13,17H,10,16H2,1-5H3/t13-/m0/s1. The lowest BCUT2D eigenvalue weighted by Gasteiger charge is -2.32. The molecule has 2 nitrogen and oxygen atoms in total. The predicted octanol–water partition coefficient (Wildman–Crippen LogP) is 3.60. The maximum atomic E-state index is 9.46. The van der Waals surface area contributed by atoms with Crippen molar-refractivity contribution in [3.8, 4) is 0 Å². The first-order valence-corrected chi connectivity index (χ1v) is 7.13. The highest BCUT2D eigenvalue weighted by Gasteiger charge is 2.29. The Morgan fingerprint density at radius 2 is 1.72 bits per heavy atom. The number of aliphatic hydroxyl groups excluding tert-OH is 1. The van der Waals surface area contributed by atoms with Crippen molar-refractivity contribution in [1.82, 2.24) is 0 Å². The van der Waals surface area contributed by atoms with E-state index in [2.05, 4.69) is 32.9 Å². The number of hydrogen-bond acceptors (Lipinski definition) is 3. The normalized spacial score (nSPS) is 14.6. The Kier molecular flexibility index (Phi) is 4.87. The zero-order chi connectivity index (χ0) is 14.0. The SMILES string of the molecule is CC(C)(C)Sc1ccccc1[C@H](N)C(C)(C)CO. The number of benzene rings is 1. The van der Waals surface area contributed by atoms with Gasteiger partial charge in [-0.25, -0.2) is 0 Å². The van der Waals surface area contributed by atoms with Crippen LogP contribution in [0.2, 0.25) is 0 Å². The molecule has 3 heteroatoms. The van der Waals surface area contributed by atoms with Gasteiger partial charge in [0.2, 0.25) is 0 Å². The van der Waals surface area contributed by atoms with Gasteiger partial charge in [0.1, 0.15) is 0 Å². The van der Waals surface area contributed by atoms with Crippen LogP contribution in [0.25, 0.3) is 0 Å². The van der Waals surface area contributed by atoms with Gasteiger partial charge in [0.15, 0.2) is 0 Å². The van der Waals surface area contributed by atoms with Crippen molar-refractivity contribution in [3.05, 3.63) is 29.8 Å². The fourth-order valence-corrected chi connectivity index (χ4v) is 2.80. The van der Waals surface area contributed by atoms with Crippen LogP contribution in [0.15, 0.2) is 29.2 Å². The van der Waals surface area contributed by atoms with Crippen LogP contribution in [-0.4, -0.2) is 16.5 Å². The topological polar surface area (TPSA) is 46.2 Å². The van der Waals surface area contributed by atoms with E-state index in [0.29, 0.717) is 0 Å². The summed E-state index contributed by atoms with van der Waals surface area (Å²) in [7, 11) is 0. The van der Waals surface area contributed by atoms with Crippen molar-refractivity contribution >= 4 is 11.8 Å². The lowest BCUT2D eigenvalue weighted by Crippen LogP contribution is -2.32. The Bertz CT molecular complexity index is 396. The first-order chi connectivity index (χ1) is 8.17. The Labute approximate surface area is 115 Å². The van der Waals surface area contributed by atoms with Crippen LogP contribution in [0.4, 0.5) is 0 Å². The van der Waals surface area contributed by atoms with E-state index in [1.165, 1.54) is 4.90 Å². The molecular formula is C15H25NOS. The average molecular weight is 267 g/mol. The molecule has 0 saturated heterocycles. The Balaban J connectivity index is 3.09. The molecule has 0 radical (unpaired) electrons. The van der Waals surface area contributed by atoms with E-state index in [1.54, 1.807) is 0 Å². The molecule has 0 fully saturated rings. The molecular weight excluding hydrogens is 242 g/mol. The van der Waals surface area contributed by atoms with Gasteiger partial charge in [-0.2, -0.15) is 0 Å². The first kappa shape index (κ1) is 15.5. The summed E-state index contributed by atoms with van der Waals surface area (Å²) in [6, 6.07) is 8.06. The zero-order valence-electron chi connectivity index (χ0n) is 12.0. The molecule has 1 aromatic rings. The minimum absolute atomic E-state index is 0.0860. The van der Waals surface area contributed by atoms with Crippen molar-refractivity contribution in [2.75, 3.05) is 6.61 Å². The molecule has 0 aliphatic heterocycles. The van der Waals surface area contributed by atoms with E-state index >= 15 is 0 Å². The van der Waals surface area contributed by atoms with Crippen LogP contribution >= 0.6 is 11.8 Å². The van der Waals surface area contributed by atoms with E-state index in [1.807, 2.05) is 37.7 Å². The molecule has 0 aromatic heterocycles. The van der Waals surface area contributed by atoms with Gasteiger partial charge in [0.25, 0.3) is 0 Å². The third-order valence-electron chi connectivity index (χ3n) is 2.92. The Morgan fingerprint density at radius 1 is 1.17 bits per heavy atom. The van der Waals surface area contributed by atoms with E-state index in [4.69, 9.17) is 5.73 Å². The van der Waals surface area contributed by atoms with Gasteiger partial charge in [0, 0.05) is 27.7 Å². The summed E-state index contributed by atoms with van der Waals surface area (Å²) in [6.45, 7) is 10.7. The smallest absolute Gasteiger partial charge is 0.0500 e. The molecule has 0 heterocycles. The summed E-state index contributed by atoms with van der Waals surface area (Å²) in [6.07, 6.45) is 0.